The van der Waals surface area contributed by atoms with Gasteiger partial charge < -0.3 is 43.5 Å². The fraction of sp³-hybridized carbons (Fsp3) is 0.396. The van der Waals surface area contributed by atoms with Crippen LogP contribution in [0.2, 0.25) is 0 Å². The van der Waals surface area contributed by atoms with Crippen molar-refractivity contribution in [1.82, 2.24) is 20.0 Å². The smallest absolute Gasteiger partial charge is 0.337 e. The van der Waals surface area contributed by atoms with Crippen molar-refractivity contribution in [2.24, 2.45) is 0 Å². The maximum atomic E-state index is 13.5. The third kappa shape index (κ3) is 13.9. The zero-order chi connectivity index (χ0) is 46.1. The molecule has 354 valence electrons. The maximum Gasteiger partial charge on any atom is 0.337 e. The van der Waals surface area contributed by atoms with Gasteiger partial charge in [0.25, 0.3) is 0 Å². The Kier molecular flexibility index (Phi) is 19.6. The molecule has 4 amide bonds. The Hall–Kier alpha value is -6.24. The number of nitrogens with one attached hydrogen (secondary N) is 1. The first kappa shape index (κ1) is 50.8. The lowest BCUT2D eigenvalue weighted by Gasteiger charge is -2.43. The summed E-state index contributed by atoms with van der Waals surface area (Å²) in [6.45, 7) is 9.05. The van der Waals surface area contributed by atoms with Crippen LogP contribution < -0.4 is 24.6 Å². The van der Waals surface area contributed by atoms with Crippen molar-refractivity contribution in [3.8, 4) is 11.5 Å². The van der Waals surface area contributed by atoms with E-state index < -0.39 is 0 Å². The molecule has 17 nitrogen and oxygen atoms in total. The molecule has 66 heavy (non-hydrogen) atoms. The van der Waals surface area contributed by atoms with E-state index in [0.29, 0.717) is 69.7 Å². The normalized spacial score (nSPS) is 15.7. The standard InChI is InChI=1S/C24H29N3O5.C21H25N3O4.C3H4O2.ClH/c1-30-22-9-7-20(8-10-22)27(15-18-3-5-19(6-4-18)23(28)31-2)24(29)26-13-11-25(12-14-26)21-16-32-17-21;1-27-19-9-7-18(8-10-19)24(21(26)23-13-11-22-12-14-23)15-16-3-5-17(6-4-16)20(25)28-2;4-3-1-5-2-3;/h3-10,21H,11-17H2,1-2H3;3-10,22H,11-15H2,1-2H3;1-2H2;1H. The second-order valence-corrected chi connectivity index (χ2v) is 15.5. The molecule has 4 aliphatic heterocycles. The van der Waals surface area contributed by atoms with Crippen LogP contribution >= 0.6 is 12.4 Å². The molecule has 0 bridgehead atoms. The van der Waals surface area contributed by atoms with Crippen LogP contribution in [0.1, 0.15) is 31.8 Å². The number of ether oxygens (including phenoxy) is 6. The molecule has 0 unspecified atom stereocenters. The fourth-order valence-corrected chi connectivity index (χ4v) is 7.25. The van der Waals surface area contributed by atoms with Crippen LogP contribution in [0, 0.1) is 0 Å². The molecule has 0 atom stereocenters. The maximum absolute atomic E-state index is 13.5. The molecule has 0 aliphatic carbocycles. The Morgan fingerprint density at radius 1 is 0.576 bits per heavy atom. The molecule has 4 aromatic rings. The lowest BCUT2D eigenvalue weighted by atomic mass is 10.1. The first-order valence-corrected chi connectivity index (χ1v) is 21.5. The van der Waals surface area contributed by atoms with E-state index in [1.54, 1.807) is 48.3 Å². The summed E-state index contributed by atoms with van der Waals surface area (Å²) >= 11 is 0. The summed E-state index contributed by atoms with van der Waals surface area (Å²) in [5.41, 5.74) is 4.40. The summed E-state index contributed by atoms with van der Waals surface area (Å²) in [7, 11) is 5.95. The van der Waals surface area contributed by atoms with Gasteiger partial charge in [-0.3, -0.25) is 19.5 Å². The number of methoxy groups -OCH3 is 4. The van der Waals surface area contributed by atoms with Gasteiger partial charge in [-0.2, -0.15) is 0 Å². The summed E-state index contributed by atoms with van der Waals surface area (Å²) in [4.78, 5) is 69.5. The number of hydrogen-bond donors (Lipinski definition) is 1. The average molecular weight is 931 g/mol. The average Bonchev–Trinajstić information content (AvgIpc) is 3.34. The lowest BCUT2D eigenvalue weighted by Crippen LogP contribution is -2.59. The van der Waals surface area contributed by atoms with Crippen molar-refractivity contribution in [3.63, 3.8) is 0 Å². The van der Waals surface area contributed by atoms with Crippen LogP contribution in [0.15, 0.2) is 97.1 Å². The molecule has 0 spiro atoms. The van der Waals surface area contributed by atoms with Crippen molar-refractivity contribution < 1.29 is 52.4 Å². The van der Waals surface area contributed by atoms with E-state index in [2.05, 4.69) is 15.0 Å². The van der Waals surface area contributed by atoms with Crippen LogP contribution in [0.3, 0.4) is 0 Å². The van der Waals surface area contributed by atoms with Gasteiger partial charge in [0, 0.05) is 63.7 Å². The molecule has 1 N–H and O–H groups in total. The lowest BCUT2D eigenvalue weighted by molar-refractivity contribution is -0.140. The van der Waals surface area contributed by atoms with Crippen LogP contribution in [0.4, 0.5) is 21.0 Å². The van der Waals surface area contributed by atoms with E-state index in [1.165, 1.54) is 14.2 Å². The first-order valence-electron chi connectivity index (χ1n) is 21.5. The molecule has 4 aliphatic rings. The third-order valence-corrected chi connectivity index (χ3v) is 11.3. The zero-order valence-electron chi connectivity index (χ0n) is 37.8. The summed E-state index contributed by atoms with van der Waals surface area (Å²) in [6.07, 6.45) is 0. The highest BCUT2D eigenvalue weighted by molar-refractivity contribution is 5.93. The molecule has 4 saturated heterocycles. The quantitative estimate of drug-likeness (QED) is 0.197. The topological polar surface area (TPSA) is 169 Å². The molecule has 0 saturated carbocycles. The van der Waals surface area contributed by atoms with E-state index in [4.69, 9.17) is 23.7 Å². The number of nitrogens with zero attached hydrogens (tertiary/aromatic N) is 5. The molecule has 8 rings (SSSR count). The highest BCUT2D eigenvalue weighted by Gasteiger charge is 2.32. The van der Waals surface area contributed by atoms with Crippen LogP contribution in [0.5, 0.6) is 11.5 Å². The van der Waals surface area contributed by atoms with Crippen molar-refractivity contribution in [3.05, 3.63) is 119 Å². The number of halogens is 1. The number of anilines is 2. The number of Topliss-reactive ketones (excluding diaryl/α,β-unsaturated/α-hetero) is 1. The zero-order valence-corrected chi connectivity index (χ0v) is 38.7. The Balaban J connectivity index is 0.000000222. The van der Waals surface area contributed by atoms with Gasteiger partial charge in [0.05, 0.1) is 71.9 Å². The van der Waals surface area contributed by atoms with Crippen molar-refractivity contribution in [2.75, 3.05) is 117 Å². The van der Waals surface area contributed by atoms with Crippen molar-refractivity contribution >= 4 is 53.6 Å². The number of carbonyl (C=O) groups excluding carboxylic acids is 5. The third-order valence-electron chi connectivity index (χ3n) is 11.3. The van der Waals surface area contributed by atoms with Gasteiger partial charge in [0.2, 0.25) is 0 Å². The predicted octanol–water partition coefficient (Wildman–Crippen LogP) is 5.15. The number of ketones is 1. The first-order chi connectivity index (χ1) is 31.6. The number of benzene rings is 4. The van der Waals surface area contributed by atoms with Gasteiger partial charge in [0.1, 0.15) is 24.7 Å². The SMILES string of the molecule is COC(=O)c1ccc(CN(C(=O)N2CCN(C3COC3)CC2)c2ccc(OC)cc2)cc1.COC(=O)c1ccc(CN(C(=O)N2CCNCC2)c2ccc(OC)cc2)cc1.Cl.O=C1COC1. The molecule has 0 radical (unpaired) electrons. The highest BCUT2D eigenvalue weighted by atomic mass is 35.5. The second-order valence-electron chi connectivity index (χ2n) is 15.5. The van der Waals surface area contributed by atoms with Gasteiger partial charge in [-0.15, -0.1) is 12.4 Å². The number of rotatable bonds is 11. The fourth-order valence-electron chi connectivity index (χ4n) is 7.25. The van der Waals surface area contributed by atoms with Gasteiger partial charge in [-0.25, -0.2) is 19.2 Å². The molecular formula is C48H59ClN6O11. The number of esters is 2. The van der Waals surface area contributed by atoms with E-state index in [-0.39, 0.29) is 42.2 Å². The Morgan fingerprint density at radius 3 is 1.29 bits per heavy atom. The van der Waals surface area contributed by atoms with Gasteiger partial charge in [-0.05, 0) is 83.9 Å². The number of urea groups is 2. The molecular weight excluding hydrogens is 872 g/mol. The van der Waals surface area contributed by atoms with Crippen LogP contribution in [-0.4, -0.2) is 158 Å². The van der Waals surface area contributed by atoms with Gasteiger partial charge in [-0.1, -0.05) is 24.3 Å². The van der Waals surface area contributed by atoms with Crippen LogP contribution in [-0.2, 0) is 36.8 Å². The monoisotopic (exact) mass is 930 g/mol. The minimum Gasteiger partial charge on any atom is -0.497 e. The Labute approximate surface area is 391 Å². The van der Waals surface area contributed by atoms with Crippen molar-refractivity contribution in [1.29, 1.82) is 0 Å². The summed E-state index contributed by atoms with van der Waals surface area (Å²) < 4.78 is 29.8. The van der Waals surface area contributed by atoms with E-state index in [1.807, 2.05) is 82.6 Å². The molecule has 0 aromatic heterocycles. The van der Waals surface area contributed by atoms with E-state index in [0.717, 1.165) is 73.4 Å². The van der Waals surface area contributed by atoms with Crippen LogP contribution in [0.25, 0.3) is 0 Å². The number of piperazine rings is 2. The summed E-state index contributed by atoms with van der Waals surface area (Å²) in [5, 5.41) is 3.26. The second kappa shape index (κ2) is 25.5. The van der Waals surface area contributed by atoms with E-state index in [9.17, 15) is 24.0 Å². The number of amides is 4. The summed E-state index contributed by atoms with van der Waals surface area (Å²) in [6, 6.07) is 29.6. The summed E-state index contributed by atoms with van der Waals surface area (Å²) in [5.74, 6) is 0.926. The van der Waals surface area contributed by atoms with Gasteiger partial charge in [0.15, 0.2) is 5.78 Å². The Morgan fingerprint density at radius 2 is 0.970 bits per heavy atom. The molecule has 18 heteroatoms. The molecule has 4 aromatic carbocycles. The molecule has 4 heterocycles. The minimum absolute atomic E-state index is 0. The number of carbonyl (C=O) groups is 5. The molecule has 4 fully saturated rings. The van der Waals surface area contributed by atoms with Gasteiger partial charge >= 0.3 is 24.0 Å². The van der Waals surface area contributed by atoms with Crippen molar-refractivity contribution in [2.45, 2.75) is 19.1 Å². The largest absolute Gasteiger partial charge is 0.497 e. The Bertz CT molecular complexity index is 2170. The highest BCUT2D eigenvalue weighted by Crippen LogP contribution is 2.26. The predicted molar refractivity (Wildman–Crippen MR) is 250 cm³/mol. The minimum atomic E-state index is -0.380. The number of hydrogen-bond acceptors (Lipinski definition) is 13. The van der Waals surface area contributed by atoms with E-state index >= 15 is 0 Å².